The van der Waals surface area contributed by atoms with Crippen LogP contribution in [0.3, 0.4) is 0 Å². The van der Waals surface area contributed by atoms with Crippen molar-refractivity contribution in [1.29, 1.82) is 0 Å². The van der Waals surface area contributed by atoms with E-state index in [-0.39, 0.29) is 17.8 Å². The van der Waals surface area contributed by atoms with Crippen LogP contribution < -0.4 is 11.4 Å². The van der Waals surface area contributed by atoms with Crippen LogP contribution in [0.4, 0.5) is 0 Å². The average Bonchev–Trinajstić information content (AvgIpc) is 2.94. The van der Waals surface area contributed by atoms with Crippen LogP contribution in [0, 0.1) is 5.92 Å². The average molecular weight is 209 g/mol. The third-order valence-electron chi connectivity index (χ3n) is 3.07. The Morgan fingerprint density at radius 1 is 1.47 bits per heavy atom. The normalized spacial score (nSPS) is 18.4. The van der Waals surface area contributed by atoms with Gasteiger partial charge in [0, 0.05) is 31.0 Å². The fourth-order valence-corrected chi connectivity index (χ4v) is 1.86. The van der Waals surface area contributed by atoms with Crippen LogP contribution in [0.2, 0.25) is 0 Å². The molecule has 1 unspecified atom stereocenters. The first-order valence-corrected chi connectivity index (χ1v) is 5.62. The largest absolute Gasteiger partial charge is 0.328 e. The van der Waals surface area contributed by atoms with Gasteiger partial charge in [-0.2, -0.15) is 0 Å². The molecule has 0 aliphatic heterocycles. The lowest BCUT2D eigenvalue weighted by Gasteiger charge is -2.10. The van der Waals surface area contributed by atoms with Gasteiger partial charge in [0.1, 0.15) is 0 Å². The molecule has 0 saturated heterocycles. The van der Waals surface area contributed by atoms with Crippen molar-refractivity contribution in [3.63, 3.8) is 0 Å². The summed E-state index contributed by atoms with van der Waals surface area (Å²) in [5.41, 5.74) is 6.05. The maximum absolute atomic E-state index is 11.9. The number of nitrogens with two attached hydrogens (primary N) is 1. The van der Waals surface area contributed by atoms with Gasteiger partial charge in [-0.25, -0.2) is 4.79 Å². The Morgan fingerprint density at radius 3 is 2.60 bits per heavy atom. The summed E-state index contributed by atoms with van der Waals surface area (Å²) in [7, 11) is 0. The third-order valence-corrected chi connectivity index (χ3v) is 3.07. The van der Waals surface area contributed by atoms with Gasteiger partial charge in [0.25, 0.3) is 0 Å². The molecule has 1 fully saturated rings. The maximum atomic E-state index is 11.9. The molecule has 1 heterocycles. The Kier molecular flexibility index (Phi) is 2.69. The van der Waals surface area contributed by atoms with Crippen molar-refractivity contribution >= 4 is 0 Å². The molecule has 0 spiro atoms. The van der Waals surface area contributed by atoms with Gasteiger partial charge in [0.2, 0.25) is 0 Å². The van der Waals surface area contributed by atoms with Gasteiger partial charge in [-0.15, -0.1) is 0 Å². The predicted molar refractivity (Wildman–Crippen MR) is 59.8 cm³/mol. The highest BCUT2D eigenvalue weighted by atomic mass is 16.1. The molecular formula is C11H19N3O. The molecule has 15 heavy (non-hydrogen) atoms. The molecule has 4 heteroatoms. The van der Waals surface area contributed by atoms with E-state index >= 15 is 0 Å². The highest BCUT2D eigenvalue weighted by molar-refractivity contribution is 4.89. The maximum Gasteiger partial charge on any atom is 0.328 e. The summed E-state index contributed by atoms with van der Waals surface area (Å²) >= 11 is 0. The van der Waals surface area contributed by atoms with Crippen LogP contribution in [-0.2, 0) is 6.54 Å². The van der Waals surface area contributed by atoms with Gasteiger partial charge in [0.15, 0.2) is 0 Å². The Labute approximate surface area is 89.7 Å². The Hall–Kier alpha value is -1.03. The minimum atomic E-state index is 0.0566. The summed E-state index contributed by atoms with van der Waals surface area (Å²) in [6, 6.07) is 0.363. The minimum Gasteiger partial charge on any atom is -0.326 e. The van der Waals surface area contributed by atoms with E-state index in [9.17, 15) is 4.79 Å². The minimum absolute atomic E-state index is 0.0566. The van der Waals surface area contributed by atoms with E-state index < -0.39 is 0 Å². The Morgan fingerprint density at radius 2 is 2.13 bits per heavy atom. The lowest BCUT2D eigenvalue weighted by molar-refractivity contribution is 0.477. The molecule has 2 N–H and O–H groups in total. The summed E-state index contributed by atoms with van der Waals surface area (Å²) in [6.07, 6.45) is 6.12. The molecule has 84 valence electrons. The number of aromatic nitrogens is 2. The van der Waals surface area contributed by atoms with Gasteiger partial charge in [-0.3, -0.25) is 9.13 Å². The van der Waals surface area contributed by atoms with E-state index in [2.05, 4.69) is 0 Å². The van der Waals surface area contributed by atoms with Crippen LogP contribution in [0.15, 0.2) is 17.2 Å². The van der Waals surface area contributed by atoms with Crippen LogP contribution >= 0.6 is 0 Å². The lowest BCUT2D eigenvalue weighted by atomic mass is 10.2. The van der Waals surface area contributed by atoms with Crippen molar-refractivity contribution in [2.45, 2.75) is 45.3 Å². The van der Waals surface area contributed by atoms with Gasteiger partial charge in [0.05, 0.1) is 0 Å². The summed E-state index contributed by atoms with van der Waals surface area (Å²) in [5, 5.41) is 0. The second kappa shape index (κ2) is 3.85. The molecule has 1 atom stereocenters. The first-order chi connectivity index (χ1) is 7.09. The van der Waals surface area contributed by atoms with Crippen LogP contribution in [-0.4, -0.2) is 15.2 Å². The molecule has 0 bridgehead atoms. The zero-order chi connectivity index (χ0) is 11.0. The second-order valence-electron chi connectivity index (χ2n) is 4.74. The van der Waals surface area contributed by atoms with Gasteiger partial charge < -0.3 is 5.73 Å². The molecule has 1 saturated carbocycles. The van der Waals surface area contributed by atoms with Crippen molar-refractivity contribution in [1.82, 2.24) is 9.13 Å². The molecule has 1 aromatic heterocycles. The summed E-state index contributed by atoms with van der Waals surface area (Å²) < 4.78 is 3.46. The second-order valence-corrected chi connectivity index (χ2v) is 4.74. The molecule has 1 aliphatic rings. The highest BCUT2D eigenvalue weighted by Gasteiger charge is 2.28. The molecule has 1 aromatic rings. The molecule has 2 rings (SSSR count). The monoisotopic (exact) mass is 209 g/mol. The highest BCUT2D eigenvalue weighted by Crippen LogP contribution is 2.31. The number of rotatable bonds is 4. The molecular weight excluding hydrogens is 190 g/mol. The van der Waals surface area contributed by atoms with Crippen LogP contribution in [0.1, 0.15) is 32.7 Å². The molecule has 0 amide bonds. The van der Waals surface area contributed by atoms with E-state index in [0.717, 1.165) is 0 Å². The molecule has 0 aromatic carbocycles. The zero-order valence-electron chi connectivity index (χ0n) is 9.39. The number of hydrogen-bond acceptors (Lipinski definition) is 2. The first-order valence-electron chi connectivity index (χ1n) is 5.62. The summed E-state index contributed by atoms with van der Waals surface area (Å²) in [4.78, 5) is 11.9. The van der Waals surface area contributed by atoms with E-state index in [4.69, 9.17) is 5.73 Å². The van der Waals surface area contributed by atoms with E-state index in [1.807, 2.05) is 26.2 Å². The number of nitrogens with zero attached hydrogens (tertiary/aromatic N) is 2. The Balaban J connectivity index is 2.11. The smallest absolute Gasteiger partial charge is 0.326 e. The SMILES string of the molecule is CC(C)n1ccn(CC(N)C2CC2)c1=O. The molecule has 1 aliphatic carbocycles. The first kappa shape index (κ1) is 10.5. The number of hydrogen-bond donors (Lipinski definition) is 1. The van der Waals surface area contributed by atoms with Crippen molar-refractivity contribution in [2.24, 2.45) is 11.7 Å². The van der Waals surface area contributed by atoms with Gasteiger partial charge >= 0.3 is 5.69 Å². The predicted octanol–water partition coefficient (Wildman–Crippen LogP) is 0.968. The lowest BCUT2D eigenvalue weighted by Crippen LogP contribution is -2.34. The number of imidazole rings is 1. The Bertz CT molecular complexity index is 387. The van der Waals surface area contributed by atoms with E-state index in [0.29, 0.717) is 12.5 Å². The van der Waals surface area contributed by atoms with Crippen molar-refractivity contribution < 1.29 is 0 Å². The van der Waals surface area contributed by atoms with E-state index in [1.165, 1.54) is 12.8 Å². The van der Waals surface area contributed by atoms with E-state index in [1.54, 1.807) is 9.13 Å². The zero-order valence-corrected chi connectivity index (χ0v) is 9.39. The quantitative estimate of drug-likeness (QED) is 0.803. The van der Waals surface area contributed by atoms with Gasteiger partial charge in [-0.1, -0.05) is 0 Å². The fourth-order valence-electron chi connectivity index (χ4n) is 1.86. The fraction of sp³-hybridized carbons (Fsp3) is 0.727. The third kappa shape index (κ3) is 2.15. The van der Waals surface area contributed by atoms with Crippen molar-refractivity contribution in [3.05, 3.63) is 22.9 Å². The van der Waals surface area contributed by atoms with Crippen molar-refractivity contribution in [2.75, 3.05) is 0 Å². The molecule has 4 nitrogen and oxygen atoms in total. The topological polar surface area (TPSA) is 52.9 Å². The van der Waals surface area contributed by atoms with Crippen LogP contribution in [0.25, 0.3) is 0 Å². The summed E-state index contributed by atoms with van der Waals surface area (Å²) in [6.45, 7) is 4.67. The van der Waals surface area contributed by atoms with Crippen molar-refractivity contribution in [3.8, 4) is 0 Å². The standard InChI is InChI=1S/C11H19N3O/c1-8(2)14-6-5-13(11(14)15)7-10(12)9-3-4-9/h5-6,8-10H,3-4,7,12H2,1-2H3. The van der Waals surface area contributed by atoms with Crippen LogP contribution in [0.5, 0.6) is 0 Å². The van der Waals surface area contributed by atoms with Gasteiger partial charge in [-0.05, 0) is 32.6 Å². The summed E-state index contributed by atoms with van der Waals surface area (Å²) in [5.74, 6) is 0.638. The molecule has 0 radical (unpaired) electrons.